The summed E-state index contributed by atoms with van der Waals surface area (Å²) in [4.78, 5) is 12.0. The molecule has 0 fully saturated rings. The third-order valence-corrected chi connectivity index (χ3v) is 2.96. The van der Waals surface area contributed by atoms with Gasteiger partial charge in [-0.2, -0.15) is 0 Å². The number of carbonyl (C=O) groups excluding carboxylic acids is 1. The van der Waals surface area contributed by atoms with Gasteiger partial charge in [-0.25, -0.2) is 0 Å². The molecule has 0 aromatic heterocycles. The Morgan fingerprint density at radius 1 is 1.56 bits per heavy atom. The molecule has 6 heteroatoms. The molecule has 5 nitrogen and oxygen atoms in total. The first-order valence-corrected chi connectivity index (χ1v) is 6.32. The van der Waals surface area contributed by atoms with Gasteiger partial charge in [-0.05, 0) is 37.1 Å². The molecule has 0 heterocycles. The number of hydrogen-bond acceptors (Lipinski definition) is 3. The average molecular weight is 314 g/mol. The van der Waals surface area contributed by atoms with Crippen molar-refractivity contribution >= 4 is 33.4 Å². The minimum absolute atomic E-state index is 0.0817. The molecule has 98 valence electrons. The normalized spacial score (nSPS) is 13.2. The van der Waals surface area contributed by atoms with E-state index in [0.29, 0.717) is 12.1 Å². The molecular formula is C12H16BrN3O2. The van der Waals surface area contributed by atoms with Crippen LogP contribution in [0.1, 0.15) is 18.9 Å². The summed E-state index contributed by atoms with van der Waals surface area (Å²) in [6.07, 6.45) is 0.467. The summed E-state index contributed by atoms with van der Waals surface area (Å²) in [5.41, 5.74) is 7.17. The lowest BCUT2D eigenvalue weighted by Gasteiger charge is -2.14. The Morgan fingerprint density at radius 3 is 2.72 bits per heavy atom. The largest absolute Gasteiger partial charge is 0.409 e. The van der Waals surface area contributed by atoms with Crippen molar-refractivity contribution in [3.63, 3.8) is 0 Å². The molecule has 0 aliphatic rings. The molecule has 0 bridgehead atoms. The Labute approximate surface area is 114 Å². The van der Waals surface area contributed by atoms with Crippen LogP contribution in [0.5, 0.6) is 0 Å². The molecule has 1 amide bonds. The summed E-state index contributed by atoms with van der Waals surface area (Å²) in [5, 5.41) is 14.2. The minimum Gasteiger partial charge on any atom is -0.409 e. The fourth-order valence-corrected chi connectivity index (χ4v) is 2.24. The SMILES string of the molecule is CCC(C(=O)Nc1cc(C)cc(Br)c1)/C(N)=N/O. The van der Waals surface area contributed by atoms with E-state index in [2.05, 4.69) is 26.4 Å². The Kier molecular flexibility index (Phi) is 5.15. The van der Waals surface area contributed by atoms with E-state index in [1.54, 1.807) is 13.0 Å². The van der Waals surface area contributed by atoms with E-state index < -0.39 is 5.92 Å². The molecule has 0 saturated heterocycles. The van der Waals surface area contributed by atoms with Gasteiger partial charge in [-0.15, -0.1) is 0 Å². The first kappa shape index (κ1) is 14.5. The van der Waals surface area contributed by atoms with Crippen molar-refractivity contribution in [3.8, 4) is 0 Å². The lowest BCUT2D eigenvalue weighted by Crippen LogP contribution is -2.34. The number of anilines is 1. The van der Waals surface area contributed by atoms with E-state index in [0.717, 1.165) is 10.0 Å². The fraction of sp³-hybridized carbons (Fsp3) is 0.333. The zero-order valence-electron chi connectivity index (χ0n) is 10.3. The number of amidine groups is 1. The predicted molar refractivity (Wildman–Crippen MR) is 74.7 cm³/mol. The Hall–Kier alpha value is -1.56. The molecule has 1 rings (SSSR count). The molecule has 1 aromatic rings. The van der Waals surface area contributed by atoms with Crippen LogP contribution in [0.4, 0.5) is 5.69 Å². The highest BCUT2D eigenvalue weighted by molar-refractivity contribution is 9.10. The lowest BCUT2D eigenvalue weighted by atomic mass is 10.0. The van der Waals surface area contributed by atoms with Crippen LogP contribution >= 0.6 is 15.9 Å². The van der Waals surface area contributed by atoms with Crippen molar-refractivity contribution in [2.24, 2.45) is 16.8 Å². The molecule has 1 unspecified atom stereocenters. The van der Waals surface area contributed by atoms with Gasteiger partial charge in [-0.1, -0.05) is 28.0 Å². The van der Waals surface area contributed by atoms with Gasteiger partial charge in [0.05, 0.1) is 5.92 Å². The van der Waals surface area contributed by atoms with Crippen molar-refractivity contribution < 1.29 is 10.0 Å². The highest BCUT2D eigenvalue weighted by atomic mass is 79.9. The zero-order valence-corrected chi connectivity index (χ0v) is 11.9. The van der Waals surface area contributed by atoms with Gasteiger partial charge < -0.3 is 16.3 Å². The highest BCUT2D eigenvalue weighted by Gasteiger charge is 2.21. The Balaban J connectivity index is 2.86. The third-order valence-electron chi connectivity index (χ3n) is 2.51. The maximum atomic E-state index is 12.0. The van der Waals surface area contributed by atoms with Crippen LogP contribution in [-0.2, 0) is 4.79 Å². The number of amides is 1. The monoisotopic (exact) mass is 313 g/mol. The molecule has 0 spiro atoms. The van der Waals surface area contributed by atoms with Crippen LogP contribution in [0.15, 0.2) is 27.8 Å². The standard InChI is InChI=1S/C12H16BrN3O2/c1-3-10(11(14)16-18)12(17)15-9-5-7(2)4-8(13)6-9/h4-6,10,18H,3H2,1-2H3,(H2,14,16)(H,15,17). The summed E-state index contributed by atoms with van der Waals surface area (Å²) in [7, 11) is 0. The van der Waals surface area contributed by atoms with Gasteiger partial charge in [-0.3, -0.25) is 4.79 Å². The van der Waals surface area contributed by atoms with Crippen LogP contribution < -0.4 is 11.1 Å². The summed E-state index contributed by atoms with van der Waals surface area (Å²) in [6.45, 7) is 3.73. The number of aryl methyl sites for hydroxylation is 1. The fourth-order valence-electron chi connectivity index (χ4n) is 1.64. The van der Waals surface area contributed by atoms with Gasteiger partial charge >= 0.3 is 0 Å². The molecule has 0 aliphatic heterocycles. The second kappa shape index (κ2) is 6.39. The van der Waals surface area contributed by atoms with Crippen LogP contribution in [0, 0.1) is 12.8 Å². The third kappa shape index (κ3) is 3.73. The predicted octanol–water partition coefficient (Wildman–Crippen LogP) is 2.47. The lowest BCUT2D eigenvalue weighted by molar-refractivity contribution is -0.118. The van der Waals surface area contributed by atoms with Crippen LogP contribution in [0.2, 0.25) is 0 Å². The first-order valence-electron chi connectivity index (χ1n) is 5.53. The Morgan fingerprint density at radius 2 is 2.22 bits per heavy atom. The zero-order chi connectivity index (χ0) is 13.7. The summed E-state index contributed by atoms with van der Waals surface area (Å²) in [6, 6.07) is 5.59. The molecular weight excluding hydrogens is 298 g/mol. The van der Waals surface area contributed by atoms with E-state index in [1.807, 2.05) is 19.1 Å². The number of benzene rings is 1. The van der Waals surface area contributed by atoms with Crippen molar-refractivity contribution in [2.45, 2.75) is 20.3 Å². The molecule has 0 saturated carbocycles. The number of nitrogens with zero attached hydrogens (tertiary/aromatic N) is 1. The van der Waals surface area contributed by atoms with Crippen molar-refractivity contribution in [3.05, 3.63) is 28.2 Å². The van der Waals surface area contributed by atoms with Gasteiger partial charge in [0.25, 0.3) is 0 Å². The molecule has 1 aromatic carbocycles. The van der Waals surface area contributed by atoms with Gasteiger partial charge in [0.1, 0.15) is 0 Å². The maximum Gasteiger partial charge on any atom is 0.235 e. The second-order valence-electron chi connectivity index (χ2n) is 3.99. The first-order chi connectivity index (χ1) is 8.47. The number of carbonyl (C=O) groups is 1. The number of nitrogens with two attached hydrogens (primary N) is 1. The van der Waals surface area contributed by atoms with Gasteiger partial charge in [0, 0.05) is 10.2 Å². The second-order valence-corrected chi connectivity index (χ2v) is 4.91. The Bertz CT molecular complexity index is 454. The van der Waals surface area contributed by atoms with E-state index in [1.165, 1.54) is 0 Å². The van der Waals surface area contributed by atoms with Gasteiger partial charge in [0.2, 0.25) is 5.91 Å². The summed E-state index contributed by atoms with van der Waals surface area (Å²) in [5.74, 6) is -0.999. The number of hydrogen-bond donors (Lipinski definition) is 3. The average Bonchev–Trinajstić information content (AvgIpc) is 2.28. The molecule has 0 aliphatic carbocycles. The quantitative estimate of drug-likeness (QED) is 0.345. The van der Waals surface area contributed by atoms with Crippen LogP contribution in [0.25, 0.3) is 0 Å². The molecule has 4 N–H and O–H groups in total. The van der Waals surface area contributed by atoms with Crippen LogP contribution in [0.3, 0.4) is 0 Å². The summed E-state index contributed by atoms with van der Waals surface area (Å²) >= 11 is 3.36. The maximum absolute atomic E-state index is 12.0. The number of oxime groups is 1. The van der Waals surface area contributed by atoms with Gasteiger partial charge in [0.15, 0.2) is 5.84 Å². The van der Waals surface area contributed by atoms with E-state index in [-0.39, 0.29) is 11.7 Å². The van der Waals surface area contributed by atoms with Crippen LogP contribution in [-0.4, -0.2) is 17.0 Å². The summed E-state index contributed by atoms with van der Waals surface area (Å²) < 4.78 is 0.884. The van der Waals surface area contributed by atoms with Crippen molar-refractivity contribution in [1.82, 2.24) is 0 Å². The van der Waals surface area contributed by atoms with E-state index in [4.69, 9.17) is 10.9 Å². The van der Waals surface area contributed by atoms with E-state index >= 15 is 0 Å². The van der Waals surface area contributed by atoms with Crippen molar-refractivity contribution in [2.75, 3.05) is 5.32 Å². The number of nitrogens with one attached hydrogen (secondary N) is 1. The topological polar surface area (TPSA) is 87.7 Å². The van der Waals surface area contributed by atoms with E-state index in [9.17, 15) is 4.79 Å². The number of halogens is 1. The molecule has 18 heavy (non-hydrogen) atoms. The smallest absolute Gasteiger partial charge is 0.235 e. The highest BCUT2D eigenvalue weighted by Crippen LogP contribution is 2.20. The minimum atomic E-state index is -0.630. The van der Waals surface area contributed by atoms with Crippen molar-refractivity contribution in [1.29, 1.82) is 0 Å². The molecule has 0 radical (unpaired) electrons. The number of rotatable bonds is 4. The molecule has 1 atom stereocenters.